The summed E-state index contributed by atoms with van der Waals surface area (Å²) in [5.41, 5.74) is 1.63. The van der Waals surface area contributed by atoms with Gasteiger partial charge in [-0.05, 0) is 97.1 Å². The number of carbonyl (C=O) groups excluding carboxylic acids is 6. The van der Waals surface area contributed by atoms with E-state index in [1.165, 1.54) is 9.80 Å². The molecule has 0 radical (unpaired) electrons. The summed E-state index contributed by atoms with van der Waals surface area (Å²) in [6.07, 6.45) is 3.07. The van der Waals surface area contributed by atoms with Crippen LogP contribution in [0.3, 0.4) is 0 Å². The predicted molar refractivity (Wildman–Crippen MR) is 205 cm³/mol. The van der Waals surface area contributed by atoms with Gasteiger partial charge >= 0.3 is 18.2 Å². The minimum atomic E-state index is -0.663. The number of hydrogen-bond acceptors (Lipinski definition) is 9. The zero-order chi connectivity index (χ0) is 39.9. The minimum Gasteiger partial charge on any atom is -0.466 e. The van der Waals surface area contributed by atoms with Crippen LogP contribution >= 0.6 is 0 Å². The van der Waals surface area contributed by atoms with Crippen molar-refractivity contribution >= 4 is 47.3 Å². The van der Waals surface area contributed by atoms with Crippen molar-refractivity contribution in [2.75, 3.05) is 43.0 Å². The fourth-order valence-corrected chi connectivity index (χ4v) is 5.65. The molecule has 2 aromatic rings. The monoisotopic (exact) mass is 751 g/mol. The van der Waals surface area contributed by atoms with Crippen molar-refractivity contribution in [3.63, 3.8) is 0 Å². The second-order valence-electron chi connectivity index (χ2n) is 15.1. The molecule has 0 saturated carbocycles. The van der Waals surface area contributed by atoms with E-state index in [0.717, 1.165) is 31.2 Å². The number of anilines is 2. The fourth-order valence-electron chi connectivity index (χ4n) is 5.65. The van der Waals surface area contributed by atoms with E-state index < -0.39 is 29.4 Å². The lowest BCUT2D eigenvalue weighted by atomic mass is 10.0. The number of esters is 1. The number of carbonyl (C=O) groups is 6. The molecular formula is C40H57N5O9. The highest BCUT2D eigenvalue weighted by molar-refractivity contribution is 6.10. The summed E-state index contributed by atoms with van der Waals surface area (Å²) in [4.78, 5) is 79.7. The molecule has 0 fully saturated rings. The van der Waals surface area contributed by atoms with Gasteiger partial charge in [0.25, 0.3) is 5.91 Å². The molecule has 296 valence electrons. The number of nitrogens with zero attached hydrogens (tertiary/aromatic N) is 2. The van der Waals surface area contributed by atoms with E-state index in [0.29, 0.717) is 35.5 Å². The lowest BCUT2D eigenvalue weighted by Crippen LogP contribution is -2.40. The van der Waals surface area contributed by atoms with Crippen LogP contribution < -0.4 is 20.9 Å². The summed E-state index contributed by atoms with van der Waals surface area (Å²) in [6, 6.07) is 12.6. The summed E-state index contributed by atoms with van der Waals surface area (Å²) < 4.78 is 15.6. The van der Waals surface area contributed by atoms with Crippen molar-refractivity contribution in [3.05, 3.63) is 59.2 Å². The summed E-state index contributed by atoms with van der Waals surface area (Å²) in [5, 5.41) is 8.22. The van der Waals surface area contributed by atoms with E-state index in [9.17, 15) is 28.8 Å². The average molecular weight is 752 g/mol. The van der Waals surface area contributed by atoms with Gasteiger partial charge in [-0.25, -0.2) is 9.59 Å². The van der Waals surface area contributed by atoms with Crippen LogP contribution in [0.1, 0.15) is 108 Å². The molecule has 0 aromatic heterocycles. The lowest BCUT2D eigenvalue weighted by Gasteiger charge is -2.24. The lowest BCUT2D eigenvalue weighted by molar-refractivity contribution is -0.143. The zero-order valence-electron chi connectivity index (χ0n) is 32.8. The molecule has 14 heteroatoms. The van der Waals surface area contributed by atoms with Crippen LogP contribution in [0.25, 0.3) is 0 Å². The SMILES string of the molecule is CCOC(=O)CCN1CC(=O)N(Cc2ccccc2NC(=O)CCNC(=O)OC(C)(C)C)c2ccc(CCCCCCNC(=O)OC(C)(C)C)cc2C1=O. The Kier molecular flexibility index (Phi) is 16.3. The van der Waals surface area contributed by atoms with Gasteiger partial charge in [0.2, 0.25) is 11.8 Å². The maximum atomic E-state index is 14.0. The number of amides is 5. The largest absolute Gasteiger partial charge is 0.466 e. The Bertz CT molecular complexity index is 1630. The van der Waals surface area contributed by atoms with Crippen molar-refractivity contribution in [2.45, 2.75) is 111 Å². The fraction of sp³-hybridized carbons (Fsp3) is 0.550. The Labute approximate surface area is 318 Å². The van der Waals surface area contributed by atoms with Crippen molar-refractivity contribution in [1.29, 1.82) is 0 Å². The van der Waals surface area contributed by atoms with Gasteiger partial charge in [0, 0.05) is 31.7 Å². The maximum absolute atomic E-state index is 14.0. The first-order valence-corrected chi connectivity index (χ1v) is 18.7. The Hall–Kier alpha value is -5.14. The number of unbranched alkanes of at least 4 members (excludes halogenated alkanes) is 3. The quantitative estimate of drug-likeness (QED) is 0.0980. The molecule has 0 unspecified atom stereocenters. The highest BCUT2D eigenvalue weighted by Gasteiger charge is 2.32. The summed E-state index contributed by atoms with van der Waals surface area (Å²) in [5.74, 6) is -1.51. The molecule has 0 aliphatic carbocycles. The van der Waals surface area contributed by atoms with Gasteiger partial charge < -0.3 is 40.0 Å². The van der Waals surface area contributed by atoms with E-state index in [1.807, 2.05) is 32.9 Å². The van der Waals surface area contributed by atoms with Gasteiger partial charge in [0.15, 0.2) is 0 Å². The number of benzene rings is 2. The van der Waals surface area contributed by atoms with Crippen LogP contribution in [0.4, 0.5) is 21.0 Å². The first kappa shape index (κ1) is 43.3. The predicted octanol–water partition coefficient (Wildman–Crippen LogP) is 6.11. The Morgan fingerprint density at radius 3 is 2.11 bits per heavy atom. The number of aryl methyl sites for hydroxylation is 1. The normalized spacial score (nSPS) is 13.1. The third kappa shape index (κ3) is 15.1. The second kappa shape index (κ2) is 20.4. The third-order valence-electron chi connectivity index (χ3n) is 8.09. The second-order valence-corrected chi connectivity index (χ2v) is 15.1. The number of alkyl carbamates (subject to hydrolysis) is 2. The van der Waals surface area contributed by atoms with Gasteiger partial charge in [0.05, 0.1) is 30.8 Å². The molecule has 3 rings (SSSR count). The standard InChI is InChI=1S/C40H57N5O9/c1-8-52-35(48)21-24-44-27-34(47)45(26-29-16-12-13-17-31(29)43-33(46)20-23-42-38(51)54-40(5,6)7)32-19-18-28(25-30(32)36(44)49)15-11-9-10-14-22-41-37(50)53-39(2,3)4/h12-13,16-19,25H,8-11,14-15,20-24,26-27H2,1-7H3,(H,41,50)(H,42,51)(H,43,46). The average Bonchev–Trinajstić information content (AvgIpc) is 3.16. The van der Waals surface area contributed by atoms with Crippen LogP contribution in [0, 0.1) is 0 Å². The molecule has 3 N–H and O–H groups in total. The number of para-hydroxylation sites is 1. The van der Waals surface area contributed by atoms with Crippen molar-refractivity contribution in [1.82, 2.24) is 15.5 Å². The van der Waals surface area contributed by atoms with Gasteiger partial charge in [0.1, 0.15) is 17.7 Å². The van der Waals surface area contributed by atoms with Crippen LogP contribution in [0.2, 0.25) is 0 Å². The molecule has 14 nitrogen and oxygen atoms in total. The third-order valence-corrected chi connectivity index (χ3v) is 8.09. The molecule has 2 aromatic carbocycles. The number of fused-ring (bicyclic) bond motifs is 1. The molecule has 1 aliphatic rings. The molecule has 1 aliphatic heterocycles. The molecule has 0 bridgehead atoms. The number of ether oxygens (including phenoxy) is 3. The zero-order valence-corrected chi connectivity index (χ0v) is 32.8. The number of rotatable bonds is 17. The van der Waals surface area contributed by atoms with Crippen molar-refractivity contribution in [2.24, 2.45) is 0 Å². The Morgan fingerprint density at radius 2 is 1.44 bits per heavy atom. The smallest absolute Gasteiger partial charge is 0.407 e. The van der Waals surface area contributed by atoms with E-state index in [1.54, 1.807) is 58.0 Å². The van der Waals surface area contributed by atoms with Gasteiger partial charge in [-0.1, -0.05) is 37.1 Å². The van der Waals surface area contributed by atoms with E-state index >= 15 is 0 Å². The first-order chi connectivity index (χ1) is 25.5. The first-order valence-electron chi connectivity index (χ1n) is 18.7. The highest BCUT2D eigenvalue weighted by atomic mass is 16.6. The molecular weight excluding hydrogens is 694 g/mol. The highest BCUT2D eigenvalue weighted by Crippen LogP contribution is 2.31. The molecule has 5 amide bonds. The maximum Gasteiger partial charge on any atom is 0.407 e. The molecule has 0 atom stereocenters. The Balaban J connectivity index is 1.73. The number of nitrogens with one attached hydrogen (secondary N) is 3. The van der Waals surface area contributed by atoms with Crippen molar-refractivity contribution < 1.29 is 43.0 Å². The Morgan fingerprint density at radius 1 is 0.796 bits per heavy atom. The molecule has 0 spiro atoms. The van der Waals surface area contributed by atoms with Crippen LogP contribution in [-0.4, -0.2) is 84.8 Å². The minimum absolute atomic E-state index is 0.00523. The van der Waals surface area contributed by atoms with E-state index in [4.69, 9.17) is 14.2 Å². The molecule has 54 heavy (non-hydrogen) atoms. The van der Waals surface area contributed by atoms with E-state index in [-0.39, 0.29) is 63.3 Å². The van der Waals surface area contributed by atoms with Crippen LogP contribution in [0.5, 0.6) is 0 Å². The summed E-state index contributed by atoms with van der Waals surface area (Å²) in [7, 11) is 0. The summed E-state index contributed by atoms with van der Waals surface area (Å²) >= 11 is 0. The molecule has 0 saturated heterocycles. The van der Waals surface area contributed by atoms with Crippen LogP contribution in [-0.2, 0) is 41.6 Å². The molecule has 1 heterocycles. The number of hydrogen-bond donors (Lipinski definition) is 3. The van der Waals surface area contributed by atoms with Gasteiger partial charge in [-0.2, -0.15) is 0 Å². The van der Waals surface area contributed by atoms with Crippen LogP contribution in [0.15, 0.2) is 42.5 Å². The summed E-state index contributed by atoms with van der Waals surface area (Å²) in [6.45, 7) is 13.0. The topological polar surface area (TPSA) is 173 Å². The van der Waals surface area contributed by atoms with Crippen molar-refractivity contribution in [3.8, 4) is 0 Å². The van der Waals surface area contributed by atoms with Gasteiger partial charge in [-0.3, -0.25) is 19.2 Å². The van der Waals surface area contributed by atoms with Gasteiger partial charge in [-0.15, -0.1) is 0 Å². The van der Waals surface area contributed by atoms with E-state index in [2.05, 4.69) is 16.0 Å².